The molecule has 0 radical (unpaired) electrons. The second kappa shape index (κ2) is 14.8. The predicted molar refractivity (Wildman–Crippen MR) is 293 cm³/mol. The number of anilines is 8. The molecule has 4 heterocycles. The molecule has 0 spiro atoms. The Hall–Kier alpha value is -6.80. The van der Waals surface area contributed by atoms with Crippen LogP contribution in [0.3, 0.4) is 0 Å². The third-order valence-electron chi connectivity index (χ3n) is 18.6. The molecule has 0 saturated heterocycles. The van der Waals surface area contributed by atoms with E-state index in [1.807, 2.05) is 0 Å². The van der Waals surface area contributed by atoms with E-state index in [2.05, 4.69) is 255 Å². The van der Waals surface area contributed by atoms with Crippen LogP contribution in [0.15, 0.2) is 146 Å². The molecule has 4 aliphatic heterocycles. The van der Waals surface area contributed by atoms with E-state index in [1.165, 1.54) is 88.6 Å². The van der Waals surface area contributed by atoms with E-state index in [-0.39, 0.29) is 22.7 Å². The van der Waals surface area contributed by atoms with E-state index >= 15 is 0 Å². The number of rotatable bonds is 9. The highest BCUT2D eigenvalue weighted by molar-refractivity contribution is 6.09. The minimum absolute atomic E-state index is 0.297. The number of nitrogens with zero attached hydrogens (tertiary/aromatic N) is 8. The number of benzene rings is 8. The smallest absolute Gasteiger partial charge is 0.112 e. The molecule has 8 nitrogen and oxygen atoms in total. The first kappa shape index (κ1) is 42.5. The molecule has 4 aliphatic rings. The Kier molecular flexibility index (Phi) is 9.29. The summed E-state index contributed by atoms with van der Waals surface area (Å²) in [7, 11) is 18.8. The summed E-state index contributed by atoms with van der Waals surface area (Å²) in [5.41, 5.74) is 9.07. The minimum atomic E-state index is -0.384. The lowest BCUT2D eigenvalue weighted by Crippen LogP contribution is -2.67. The third kappa shape index (κ3) is 5.54. The lowest BCUT2D eigenvalue weighted by Gasteiger charge is -2.60. The molecule has 0 aliphatic carbocycles. The molecule has 0 N–H and O–H groups in total. The minimum Gasteiger partial charge on any atom is -0.351 e. The Morgan fingerprint density at radius 1 is 0.250 bits per heavy atom. The van der Waals surface area contributed by atoms with E-state index in [0.717, 1.165) is 38.5 Å². The van der Waals surface area contributed by atoms with Crippen molar-refractivity contribution in [2.45, 2.75) is 75.0 Å². The Bertz CT molecular complexity index is 2920. The van der Waals surface area contributed by atoms with E-state index in [9.17, 15) is 0 Å². The molecule has 12 rings (SSSR count). The first-order valence-corrected chi connectivity index (χ1v) is 24.7. The molecule has 8 aromatic carbocycles. The van der Waals surface area contributed by atoms with Gasteiger partial charge in [-0.3, -0.25) is 0 Å². The monoisotopic (exact) mass is 899 g/mol. The van der Waals surface area contributed by atoms with Crippen molar-refractivity contribution in [3.05, 3.63) is 146 Å². The Balaban J connectivity index is 0.982. The fraction of sp³-hybridized carbons (Fsp3) is 0.333. The van der Waals surface area contributed by atoms with Gasteiger partial charge in [0, 0.05) is 123 Å². The average molecular weight is 899 g/mol. The number of hydrogen-bond acceptors (Lipinski definition) is 8. The van der Waals surface area contributed by atoms with Crippen molar-refractivity contribution in [2.24, 2.45) is 0 Å². The van der Waals surface area contributed by atoms with E-state index in [4.69, 9.17) is 0 Å². The summed E-state index contributed by atoms with van der Waals surface area (Å²) in [5, 5.41) is 10.5. The van der Waals surface area contributed by atoms with Crippen LogP contribution in [0.5, 0.6) is 0 Å². The molecule has 0 bridgehead atoms. The molecule has 0 amide bonds. The van der Waals surface area contributed by atoms with Gasteiger partial charge in [0.1, 0.15) is 22.7 Å². The normalized spacial score (nSPS) is 18.4. The van der Waals surface area contributed by atoms with Crippen LogP contribution in [0.1, 0.15) is 52.4 Å². The Morgan fingerprint density at radius 2 is 0.426 bits per heavy atom. The zero-order valence-corrected chi connectivity index (χ0v) is 41.7. The van der Waals surface area contributed by atoms with Crippen molar-refractivity contribution in [1.29, 1.82) is 0 Å². The molecule has 0 unspecified atom stereocenters. The summed E-state index contributed by atoms with van der Waals surface area (Å²) in [6.07, 6.45) is 5.62. The van der Waals surface area contributed by atoms with E-state index in [1.54, 1.807) is 0 Å². The van der Waals surface area contributed by atoms with Crippen LogP contribution in [-0.2, 0) is 0 Å². The van der Waals surface area contributed by atoms with Crippen LogP contribution in [0.25, 0.3) is 43.1 Å². The van der Waals surface area contributed by atoms with Crippen molar-refractivity contribution in [3.8, 4) is 0 Å². The van der Waals surface area contributed by atoms with Crippen LogP contribution in [0, 0.1) is 0 Å². The van der Waals surface area contributed by atoms with Crippen LogP contribution < -0.4 is 39.2 Å². The first-order chi connectivity index (χ1) is 32.7. The molecular weight excluding hydrogens is 833 g/mol. The van der Waals surface area contributed by atoms with Crippen LogP contribution in [-0.4, -0.2) is 79.0 Å². The van der Waals surface area contributed by atoms with Gasteiger partial charge in [-0.2, -0.15) is 0 Å². The summed E-state index contributed by atoms with van der Waals surface area (Å²) < 4.78 is 0. The van der Waals surface area contributed by atoms with Gasteiger partial charge in [0.2, 0.25) is 0 Å². The summed E-state index contributed by atoms with van der Waals surface area (Å²) >= 11 is 0. The van der Waals surface area contributed by atoms with Gasteiger partial charge < -0.3 is 39.2 Å². The summed E-state index contributed by atoms with van der Waals surface area (Å²) in [4.78, 5) is 21.0. The first-order valence-electron chi connectivity index (χ1n) is 24.7. The Labute approximate surface area is 403 Å². The van der Waals surface area contributed by atoms with Gasteiger partial charge in [-0.15, -0.1) is 0 Å². The second-order valence-corrected chi connectivity index (χ2v) is 21.0. The quantitative estimate of drug-likeness (QED) is 0.141. The predicted octanol–water partition coefficient (Wildman–Crippen LogP) is 13.1. The summed E-state index contributed by atoms with van der Waals surface area (Å²) in [6.45, 7) is 4.93. The second-order valence-electron chi connectivity index (χ2n) is 21.0. The topological polar surface area (TPSA) is 25.9 Å². The maximum atomic E-state index is 2.68. The van der Waals surface area contributed by atoms with Crippen molar-refractivity contribution < 1.29 is 0 Å². The van der Waals surface area contributed by atoms with Gasteiger partial charge >= 0.3 is 0 Å². The lowest BCUT2D eigenvalue weighted by molar-refractivity contribution is 0.227. The summed E-state index contributed by atoms with van der Waals surface area (Å²) in [5.74, 6) is 0. The molecule has 346 valence electrons. The maximum Gasteiger partial charge on any atom is 0.112 e. The molecule has 0 fully saturated rings. The van der Waals surface area contributed by atoms with Crippen LogP contribution in [0.2, 0.25) is 0 Å². The standard InChI is InChI=1S/C60H66N8/c1-57(61(3)45-27-11-19-41-20-12-28-46(53(41)45)62(57)4)35-37-59(65(7)49-31-15-23-43-24-16-32-50(55(43)49)66(59)8)39-40-60(67(9)51-33-17-25-44-26-18-34-52(56(44)51)68(60)10)38-36-58(2)63(5)47-29-13-21-42-22-14-30-48(54(42)47)64(58)6/h11-34H,35-40H2,1-10H3. The number of hydrogen-bond donors (Lipinski definition) is 0. The van der Waals surface area contributed by atoms with Gasteiger partial charge in [0.25, 0.3) is 0 Å². The fourth-order valence-corrected chi connectivity index (χ4v) is 13.8. The third-order valence-corrected chi connectivity index (χ3v) is 18.6. The van der Waals surface area contributed by atoms with Gasteiger partial charge in [0.15, 0.2) is 0 Å². The zero-order chi connectivity index (χ0) is 47.1. The molecule has 8 aromatic rings. The van der Waals surface area contributed by atoms with Crippen molar-refractivity contribution >= 4 is 88.6 Å². The molecule has 0 saturated carbocycles. The van der Waals surface area contributed by atoms with Crippen LogP contribution >= 0.6 is 0 Å². The highest BCUT2D eigenvalue weighted by Crippen LogP contribution is 2.55. The van der Waals surface area contributed by atoms with Gasteiger partial charge in [-0.05, 0) is 122 Å². The van der Waals surface area contributed by atoms with Gasteiger partial charge in [-0.25, -0.2) is 0 Å². The SMILES string of the molecule is CN1c2cccc3cccc(c23)N(C)C1(C)CCC1(CCC2(CCC3(C)N(C)c4cccc5cccc(c45)N3C)N(C)c3cccc4cccc(c34)N2C)N(C)c2cccc3cccc(c23)N1C. The van der Waals surface area contributed by atoms with Crippen molar-refractivity contribution in [1.82, 2.24) is 0 Å². The Morgan fingerprint density at radius 3 is 0.632 bits per heavy atom. The average Bonchev–Trinajstić information content (AvgIpc) is 3.37. The highest BCUT2D eigenvalue weighted by atomic mass is 15.5. The summed E-state index contributed by atoms with van der Waals surface area (Å²) in [6, 6.07) is 54.8. The highest BCUT2D eigenvalue weighted by Gasteiger charge is 2.53. The zero-order valence-electron chi connectivity index (χ0n) is 41.7. The molecule has 0 aromatic heterocycles. The molecule has 0 atom stereocenters. The lowest BCUT2D eigenvalue weighted by atomic mass is 9.79. The van der Waals surface area contributed by atoms with Gasteiger partial charge in [-0.1, -0.05) is 97.1 Å². The van der Waals surface area contributed by atoms with Crippen molar-refractivity contribution in [3.63, 3.8) is 0 Å². The molecule has 68 heavy (non-hydrogen) atoms. The van der Waals surface area contributed by atoms with Crippen LogP contribution in [0.4, 0.5) is 45.5 Å². The van der Waals surface area contributed by atoms with Gasteiger partial charge in [0.05, 0.1) is 0 Å². The van der Waals surface area contributed by atoms with Crippen molar-refractivity contribution in [2.75, 3.05) is 95.6 Å². The molecule has 8 heteroatoms. The van der Waals surface area contributed by atoms with E-state index < -0.39 is 0 Å². The fourth-order valence-electron chi connectivity index (χ4n) is 13.8. The maximum absolute atomic E-state index is 2.68. The molecular formula is C60H66N8. The van der Waals surface area contributed by atoms with E-state index in [0.29, 0.717) is 0 Å². The largest absolute Gasteiger partial charge is 0.351 e.